The van der Waals surface area contributed by atoms with Gasteiger partial charge < -0.3 is 10.1 Å². The van der Waals surface area contributed by atoms with Crippen LogP contribution in [0.2, 0.25) is 0 Å². The highest BCUT2D eigenvalue weighted by molar-refractivity contribution is 7.20. The Hall–Kier alpha value is -3.10. The minimum Gasteiger partial charge on any atom is -0.487 e. The molecule has 5 rings (SSSR count). The number of hydrogen-bond acceptors (Lipinski definition) is 7. The van der Waals surface area contributed by atoms with Crippen LogP contribution in [0.15, 0.2) is 59.8 Å². The number of thiophene rings is 1. The van der Waals surface area contributed by atoms with Gasteiger partial charge in [0.1, 0.15) is 28.9 Å². The van der Waals surface area contributed by atoms with Gasteiger partial charge in [-0.2, -0.15) is 0 Å². The predicted molar refractivity (Wildman–Crippen MR) is 113 cm³/mol. The zero-order chi connectivity index (χ0) is 19.6. The fourth-order valence-electron chi connectivity index (χ4n) is 3.31. The first-order valence-corrected chi connectivity index (χ1v) is 10.9. The Morgan fingerprint density at radius 3 is 2.90 bits per heavy atom. The molecule has 0 unspecified atom stereocenters. The van der Waals surface area contributed by atoms with Gasteiger partial charge in [0, 0.05) is 35.3 Å². The molecular weight excluding hydrogens is 404 g/mol. The van der Waals surface area contributed by atoms with Crippen molar-refractivity contribution in [3.63, 3.8) is 0 Å². The van der Waals surface area contributed by atoms with E-state index in [9.17, 15) is 4.79 Å². The molecule has 1 aliphatic rings. The number of nitrogens with one attached hydrogen (secondary N) is 1. The number of hydrogen-bond donors (Lipinski definition) is 1. The first-order valence-electron chi connectivity index (χ1n) is 9.09. The number of ether oxygens (including phenoxy) is 1. The van der Waals surface area contributed by atoms with E-state index in [1.54, 1.807) is 29.1 Å². The summed E-state index contributed by atoms with van der Waals surface area (Å²) in [7, 11) is 0. The van der Waals surface area contributed by atoms with Gasteiger partial charge in [-0.15, -0.1) is 22.7 Å². The normalized spacial score (nSPS) is 15.0. The van der Waals surface area contributed by atoms with E-state index >= 15 is 0 Å². The Kier molecular flexibility index (Phi) is 4.79. The topological polar surface area (TPSA) is 77.0 Å². The van der Waals surface area contributed by atoms with Crippen LogP contribution in [0.4, 0.5) is 0 Å². The van der Waals surface area contributed by atoms with Crippen molar-refractivity contribution in [2.75, 3.05) is 6.54 Å². The maximum Gasteiger partial charge on any atom is 0.270 e. The summed E-state index contributed by atoms with van der Waals surface area (Å²) < 4.78 is 6.16. The fourth-order valence-corrected chi connectivity index (χ4v) is 4.92. The zero-order valence-corrected chi connectivity index (χ0v) is 16.9. The van der Waals surface area contributed by atoms with Crippen molar-refractivity contribution in [3.8, 4) is 26.8 Å². The number of carbonyl (C=O) groups excluding carboxylic acids is 1. The van der Waals surface area contributed by atoms with Crippen LogP contribution in [0.1, 0.15) is 16.1 Å². The molecule has 144 valence electrons. The predicted octanol–water partition coefficient (Wildman–Crippen LogP) is 4.06. The molecule has 0 radical (unpaired) electrons. The van der Waals surface area contributed by atoms with Gasteiger partial charge in [0.25, 0.3) is 5.91 Å². The van der Waals surface area contributed by atoms with Gasteiger partial charge in [0.2, 0.25) is 0 Å². The molecule has 8 heteroatoms. The molecule has 1 amide bonds. The van der Waals surface area contributed by atoms with E-state index in [0.717, 1.165) is 38.7 Å². The third-order valence-electron chi connectivity index (χ3n) is 4.66. The molecule has 29 heavy (non-hydrogen) atoms. The molecule has 6 nitrogen and oxygen atoms in total. The van der Waals surface area contributed by atoms with E-state index < -0.39 is 0 Å². The van der Waals surface area contributed by atoms with Crippen molar-refractivity contribution < 1.29 is 9.53 Å². The first-order chi connectivity index (χ1) is 14.3. The lowest BCUT2D eigenvalue weighted by atomic mass is 10.0. The Bertz CT molecular complexity index is 1140. The van der Waals surface area contributed by atoms with Crippen LogP contribution < -0.4 is 10.1 Å². The third-order valence-corrected chi connectivity index (χ3v) is 6.54. The molecule has 4 aromatic rings. The lowest BCUT2D eigenvalue weighted by molar-refractivity contribution is 0.0929. The van der Waals surface area contributed by atoms with Crippen molar-refractivity contribution in [2.45, 2.75) is 12.5 Å². The van der Waals surface area contributed by atoms with Crippen molar-refractivity contribution in [3.05, 3.63) is 71.1 Å². The van der Waals surface area contributed by atoms with Crippen LogP contribution in [-0.4, -0.2) is 33.5 Å². The number of nitrogens with zero attached hydrogens (tertiary/aromatic N) is 3. The average Bonchev–Trinajstić information content (AvgIpc) is 3.52. The number of benzene rings is 1. The quantitative estimate of drug-likeness (QED) is 0.527. The molecule has 1 aromatic carbocycles. The van der Waals surface area contributed by atoms with Gasteiger partial charge in [-0.1, -0.05) is 24.3 Å². The number of aromatic nitrogens is 3. The number of fused-ring (bicyclic) bond motifs is 1. The molecule has 1 atom stereocenters. The second kappa shape index (κ2) is 7.73. The van der Waals surface area contributed by atoms with Gasteiger partial charge in [-0.25, -0.2) is 15.0 Å². The summed E-state index contributed by atoms with van der Waals surface area (Å²) in [5.41, 5.74) is 3.45. The van der Waals surface area contributed by atoms with Crippen LogP contribution in [0.25, 0.3) is 21.0 Å². The summed E-state index contributed by atoms with van der Waals surface area (Å²) >= 11 is 3.09. The minimum atomic E-state index is -0.180. The standard InChI is InChI=1S/C21H16N4O2S2/c26-20(17-11-29-21(25-17)18-5-2-6-28-18)24-10-15-7-13-3-1-4-16(19(13)27-15)14-8-22-12-23-9-14/h1-6,8-9,11-12,15H,7,10H2,(H,24,26)/t15-/m1/s1. The van der Waals surface area contributed by atoms with E-state index in [0.29, 0.717) is 12.2 Å². The Morgan fingerprint density at radius 1 is 1.17 bits per heavy atom. The maximum atomic E-state index is 12.5. The summed E-state index contributed by atoms with van der Waals surface area (Å²) in [6.07, 6.45) is 5.68. The molecule has 0 aliphatic carbocycles. The highest BCUT2D eigenvalue weighted by atomic mass is 32.1. The van der Waals surface area contributed by atoms with Crippen molar-refractivity contribution in [2.24, 2.45) is 0 Å². The highest BCUT2D eigenvalue weighted by Gasteiger charge is 2.26. The maximum absolute atomic E-state index is 12.5. The van der Waals surface area contributed by atoms with Gasteiger partial charge in [-0.3, -0.25) is 4.79 Å². The Balaban J connectivity index is 1.25. The van der Waals surface area contributed by atoms with Crippen molar-refractivity contribution >= 4 is 28.6 Å². The molecule has 3 aromatic heterocycles. The van der Waals surface area contributed by atoms with Crippen molar-refractivity contribution in [1.82, 2.24) is 20.3 Å². The summed E-state index contributed by atoms with van der Waals surface area (Å²) in [4.78, 5) is 26.2. The molecule has 0 spiro atoms. The smallest absolute Gasteiger partial charge is 0.270 e. The van der Waals surface area contributed by atoms with E-state index in [1.807, 2.05) is 29.6 Å². The van der Waals surface area contributed by atoms with E-state index in [4.69, 9.17) is 4.74 Å². The summed E-state index contributed by atoms with van der Waals surface area (Å²) in [6.45, 7) is 0.421. The van der Waals surface area contributed by atoms with Gasteiger partial charge in [0.05, 0.1) is 11.4 Å². The number of carbonyl (C=O) groups is 1. The second-order valence-electron chi connectivity index (χ2n) is 6.59. The molecule has 0 fully saturated rings. The second-order valence-corrected chi connectivity index (χ2v) is 8.40. The summed E-state index contributed by atoms with van der Waals surface area (Å²) in [5.74, 6) is 0.662. The number of para-hydroxylation sites is 1. The number of rotatable bonds is 5. The monoisotopic (exact) mass is 420 g/mol. The first kappa shape index (κ1) is 18.0. The van der Waals surface area contributed by atoms with Crippen LogP contribution in [0, 0.1) is 0 Å². The molecular formula is C21H16N4O2S2. The lowest BCUT2D eigenvalue weighted by Gasteiger charge is -2.13. The lowest BCUT2D eigenvalue weighted by Crippen LogP contribution is -2.34. The third kappa shape index (κ3) is 3.64. The number of amides is 1. The van der Waals surface area contributed by atoms with E-state index in [2.05, 4.69) is 26.3 Å². The minimum absolute atomic E-state index is 0.116. The van der Waals surface area contributed by atoms with Crippen LogP contribution in [0.3, 0.4) is 0 Å². The molecule has 0 saturated heterocycles. The molecule has 1 aliphatic heterocycles. The molecule has 1 N–H and O–H groups in total. The summed E-state index contributed by atoms with van der Waals surface area (Å²) in [6, 6.07) is 10.0. The van der Waals surface area contributed by atoms with Crippen LogP contribution >= 0.6 is 22.7 Å². The van der Waals surface area contributed by atoms with Crippen LogP contribution in [0.5, 0.6) is 5.75 Å². The fraction of sp³-hybridized carbons (Fsp3) is 0.143. The van der Waals surface area contributed by atoms with Gasteiger partial charge >= 0.3 is 0 Å². The summed E-state index contributed by atoms with van der Waals surface area (Å²) in [5, 5.41) is 7.61. The molecule has 0 saturated carbocycles. The number of thiazole rings is 1. The van der Waals surface area contributed by atoms with E-state index in [1.165, 1.54) is 17.7 Å². The Morgan fingerprint density at radius 2 is 2.07 bits per heavy atom. The zero-order valence-electron chi connectivity index (χ0n) is 15.2. The molecule has 4 heterocycles. The average molecular weight is 421 g/mol. The van der Waals surface area contributed by atoms with Gasteiger partial charge in [-0.05, 0) is 17.0 Å². The Labute approximate surface area is 175 Å². The van der Waals surface area contributed by atoms with E-state index in [-0.39, 0.29) is 12.0 Å². The SMILES string of the molecule is O=C(NC[C@H]1Cc2cccc(-c3cncnc3)c2O1)c1csc(-c2cccs2)n1. The van der Waals surface area contributed by atoms with Crippen molar-refractivity contribution in [1.29, 1.82) is 0 Å². The highest BCUT2D eigenvalue weighted by Crippen LogP contribution is 2.38. The molecule has 0 bridgehead atoms. The van der Waals surface area contributed by atoms with Gasteiger partial charge in [0.15, 0.2) is 0 Å². The van der Waals surface area contributed by atoms with Crippen LogP contribution in [-0.2, 0) is 6.42 Å². The largest absolute Gasteiger partial charge is 0.487 e.